The zero-order valence-electron chi connectivity index (χ0n) is 36.5. The van der Waals surface area contributed by atoms with Crippen LogP contribution >= 0.6 is 15.6 Å². The van der Waals surface area contributed by atoms with Crippen molar-refractivity contribution in [3.63, 3.8) is 0 Å². The van der Waals surface area contributed by atoms with Crippen LogP contribution in [0.25, 0.3) is 0 Å². The van der Waals surface area contributed by atoms with Crippen LogP contribution in [0.1, 0.15) is 168 Å². The number of hydrogen-bond donors (Lipinski definition) is 4. The van der Waals surface area contributed by atoms with E-state index in [0.717, 1.165) is 83.5 Å². The van der Waals surface area contributed by atoms with Crippen molar-refractivity contribution in [3.05, 3.63) is 48.6 Å². The van der Waals surface area contributed by atoms with Gasteiger partial charge in [-0.2, -0.15) is 0 Å². The number of carbonyl (C=O) groups excluding carboxylic acids is 2. The van der Waals surface area contributed by atoms with Gasteiger partial charge in [-0.05, 0) is 77.0 Å². The molecule has 0 bridgehead atoms. The third-order valence-corrected chi connectivity index (χ3v) is 11.0. The van der Waals surface area contributed by atoms with Crippen molar-refractivity contribution in [2.24, 2.45) is 0 Å². The molecular formula is C44H78O14P2. The topological polar surface area (TPSA) is 208 Å². The number of phosphoric acid groups is 2. The van der Waals surface area contributed by atoms with Gasteiger partial charge in [-0.1, -0.05) is 127 Å². The second kappa shape index (κ2) is 36.5. The Bertz CT molecular complexity index is 1310. The van der Waals surface area contributed by atoms with E-state index in [2.05, 4.69) is 71.5 Å². The number of hydrogen-bond acceptors (Lipinski definition) is 11. The fourth-order valence-corrected chi connectivity index (χ4v) is 7.22. The Labute approximate surface area is 360 Å². The number of ether oxygens (including phenoxy) is 3. The molecule has 0 aromatic carbocycles. The second-order valence-electron chi connectivity index (χ2n) is 15.4. The molecule has 14 nitrogen and oxygen atoms in total. The van der Waals surface area contributed by atoms with Crippen molar-refractivity contribution in [2.45, 2.75) is 192 Å². The SMILES string of the molecule is CCCCC/C=C\C/C=C\C/C=C\CCCCCCC(=O)O[C@H](COC(=O)CCCCCCC/C=C\CC1OC1CCCCC)COP(=O)(O)OC[C@@H](O)COP(=O)(O)O. The monoisotopic (exact) mass is 892 g/mol. The molecule has 0 radical (unpaired) electrons. The summed E-state index contributed by atoms with van der Waals surface area (Å²) in [6.07, 6.45) is 38.4. The van der Waals surface area contributed by atoms with Crippen LogP contribution in [0.2, 0.25) is 0 Å². The molecule has 0 spiro atoms. The standard InChI is InChI=1S/C44H78O14P2/c1-3-5-7-8-9-10-11-12-13-14-15-16-17-18-23-26-30-34-44(47)57-40(38-56-60(51,52)55-36-39(45)35-54-59(48,49)50)37-53-43(46)33-29-25-22-20-19-21-24-28-32-42-41(58-42)31-27-6-4-2/h9-10,12-13,15-16,24,28,39-42,45H,3-8,11,14,17-23,25-27,29-38H2,1-2H3,(H,51,52)(H2,48,49,50)/b10-9-,13-12-,16-15-,28-24-/t39-,40+,41?,42?/m0/s1. The molecule has 60 heavy (non-hydrogen) atoms. The minimum absolute atomic E-state index is 0.0987. The van der Waals surface area contributed by atoms with E-state index in [0.29, 0.717) is 25.0 Å². The van der Waals surface area contributed by atoms with E-state index in [-0.39, 0.29) is 12.8 Å². The van der Waals surface area contributed by atoms with Gasteiger partial charge in [0.25, 0.3) is 0 Å². The van der Waals surface area contributed by atoms with Crippen molar-refractivity contribution < 1.29 is 66.3 Å². The number of aliphatic hydroxyl groups excluding tert-OH is 1. The smallest absolute Gasteiger partial charge is 0.462 e. The summed E-state index contributed by atoms with van der Waals surface area (Å²) in [6, 6.07) is 0. The fraction of sp³-hybridized carbons (Fsp3) is 0.773. The van der Waals surface area contributed by atoms with Gasteiger partial charge in [0.1, 0.15) is 12.7 Å². The third kappa shape index (κ3) is 36.7. The highest BCUT2D eigenvalue weighted by atomic mass is 31.2. The third-order valence-electron chi connectivity index (χ3n) is 9.60. The van der Waals surface area contributed by atoms with Crippen LogP contribution in [0.4, 0.5) is 0 Å². The Kier molecular flexibility index (Phi) is 34.1. The maximum Gasteiger partial charge on any atom is 0.472 e. The number of phosphoric ester groups is 2. The Hall–Kier alpha value is -1.96. The van der Waals surface area contributed by atoms with Gasteiger partial charge in [0.2, 0.25) is 0 Å². The number of epoxide rings is 1. The first kappa shape index (κ1) is 56.1. The molecule has 4 N–H and O–H groups in total. The molecule has 348 valence electrons. The van der Waals surface area contributed by atoms with Gasteiger partial charge in [-0.3, -0.25) is 23.2 Å². The first-order chi connectivity index (χ1) is 28.8. The van der Waals surface area contributed by atoms with Crippen LogP contribution in [0, 0.1) is 0 Å². The lowest BCUT2D eigenvalue weighted by Crippen LogP contribution is -2.30. The number of esters is 2. The molecule has 1 fully saturated rings. The Morgan fingerprint density at radius 2 is 1.08 bits per heavy atom. The molecule has 0 aliphatic carbocycles. The minimum atomic E-state index is -4.87. The highest BCUT2D eigenvalue weighted by molar-refractivity contribution is 7.47. The van der Waals surface area contributed by atoms with Gasteiger partial charge in [-0.15, -0.1) is 0 Å². The maximum absolute atomic E-state index is 12.7. The number of allylic oxidation sites excluding steroid dienone is 7. The largest absolute Gasteiger partial charge is 0.472 e. The van der Waals surface area contributed by atoms with Gasteiger partial charge in [0, 0.05) is 12.8 Å². The van der Waals surface area contributed by atoms with E-state index in [4.69, 9.17) is 28.5 Å². The summed E-state index contributed by atoms with van der Waals surface area (Å²) in [6.45, 7) is 1.66. The molecule has 16 heteroatoms. The zero-order chi connectivity index (χ0) is 44.2. The summed E-state index contributed by atoms with van der Waals surface area (Å²) >= 11 is 0. The molecule has 1 saturated heterocycles. The highest BCUT2D eigenvalue weighted by Crippen LogP contribution is 2.44. The van der Waals surface area contributed by atoms with Gasteiger partial charge >= 0.3 is 27.6 Å². The molecular weight excluding hydrogens is 814 g/mol. The predicted molar refractivity (Wildman–Crippen MR) is 234 cm³/mol. The predicted octanol–water partition coefficient (Wildman–Crippen LogP) is 10.4. The number of unbranched alkanes of at least 4 members (excludes halogenated alkanes) is 14. The Morgan fingerprint density at radius 1 is 0.583 bits per heavy atom. The lowest BCUT2D eigenvalue weighted by Gasteiger charge is -2.20. The lowest BCUT2D eigenvalue weighted by molar-refractivity contribution is -0.161. The number of aliphatic hydroxyl groups is 1. The van der Waals surface area contributed by atoms with Gasteiger partial charge in [0.15, 0.2) is 6.10 Å². The molecule has 0 amide bonds. The molecule has 0 saturated carbocycles. The van der Waals surface area contributed by atoms with Crippen molar-refractivity contribution in [1.82, 2.24) is 0 Å². The van der Waals surface area contributed by atoms with E-state index in [1.165, 1.54) is 44.9 Å². The van der Waals surface area contributed by atoms with Crippen LogP contribution in [-0.4, -0.2) is 82.6 Å². The normalized spacial score (nSPS) is 17.8. The van der Waals surface area contributed by atoms with E-state index in [9.17, 15) is 28.7 Å². The average Bonchev–Trinajstić information content (AvgIpc) is 3.96. The summed E-state index contributed by atoms with van der Waals surface area (Å²) in [5.74, 6) is -1.08. The first-order valence-corrected chi connectivity index (χ1v) is 25.5. The molecule has 0 aromatic heterocycles. The van der Waals surface area contributed by atoms with Crippen molar-refractivity contribution >= 4 is 27.6 Å². The van der Waals surface area contributed by atoms with Crippen LogP contribution < -0.4 is 0 Å². The molecule has 1 rings (SSSR count). The Balaban J connectivity index is 2.37. The van der Waals surface area contributed by atoms with E-state index < -0.39 is 66.2 Å². The van der Waals surface area contributed by atoms with Gasteiger partial charge in [-0.25, -0.2) is 9.13 Å². The van der Waals surface area contributed by atoms with Crippen molar-refractivity contribution in [3.8, 4) is 0 Å². The van der Waals surface area contributed by atoms with Gasteiger partial charge < -0.3 is 34.0 Å². The maximum atomic E-state index is 12.7. The van der Waals surface area contributed by atoms with Crippen LogP contribution in [-0.2, 0) is 46.5 Å². The summed E-state index contributed by atoms with van der Waals surface area (Å²) in [5, 5.41) is 9.75. The van der Waals surface area contributed by atoms with Crippen LogP contribution in [0.3, 0.4) is 0 Å². The van der Waals surface area contributed by atoms with E-state index in [1.807, 2.05) is 0 Å². The van der Waals surface area contributed by atoms with E-state index >= 15 is 0 Å². The van der Waals surface area contributed by atoms with Crippen molar-refractivity contribution in [2.75, 3.05) is 26.4 Å². The molecule has 0 aromatic rings. The van der Waals surface area contributed by atoms with E-state index in [1.54, 1.807) is 0 Å². The van der Waals surface area contributed by atoms with Crippen molar-refractivity contribution in [1.29, 1.82) is 0 Å². The zero-order valence-corrected chi connectivity index (χ0v) is 38.3. The second-order valence-corrected chi connectivity index (χ2v) is 18.0. The molecule has 1 aliphatic rings. The van der Waals surface area contributed by atoms with Crippen LogP contribution in [0.5, 0.6) is 0 Å². The lowest BCUT2D eigenvalue weighted by atomic mass is 10.1. The molecule has 1 heterocycles. The number of rotatable bonds is 41. The number of carbonyl (C=O) groups is 2. The summed E-state index contributed by atoms with van der Waals surface area (Å²) in [5.41, 5.74) is 0. The molecule has 1 aliphatic heterocycles. The molecule has 5 atom stereocenters. The quantitative estimate of drug-likeness (QED) is 0.0148. The highest BCUT2D eigenvalue weighted by Gasteiger charge is 2.36. The fourth-order valence-electron chi connectivity index (χ4n) is 6.07. The summed E-state index contributed by atoms with van der Waals surface area (Å²) < 4.78 is 53.5. The minimum Gasteiger partial charge on any atom is -0.462 e. The first-order valence-electron chi connectivity index (χ1n) is 22.5. The average molecular weight is 893 g/mol. The Morgan fingerprint density at radius 3 is 1.70 bits per heavy atom. The summed E-state index contributed by atoms with van der Waals surface area (Å²) in [4.78, 5) is 52.7. The summed E-state index contributed by atoms with van der Waals surface area (Å²) in [7, 11) is -9.69. The van der Waals surface area contributed by atoms with Gasteiger partial charge in [0.05, 0.1) is 32.0 Å². The molecule has 3 unspecified atom stereocenters. The van der Waals surface area contributed by atoms with Crippen LogP contribution in [0.15, 0.2) is 48.6 Å².